The number of carbonyl (C=O) groups is 1. The third kappa shape index (κ3) is 2.09. The lowest BCUT2D eigenvalue weighted by Crippen LogP contribution is -2.99. The summed E-state index contributed by atoms with van der Waals surface area (Å²) in [5, 5.41) is 22.3. The predicted molar refractivity (Wildman–Crippen MR) is 90.6 cm³/mol. The summed E-state index contributed by atoms with van der Waals surface area (Å²) in [7, 11) is 0. The van der Waals surface area contributed by atoms with Gasteiger partial charge in [0.05, 0.1) is 0 Å². The summed E-state index contributed by atoms with van der Waals surface area (Å²) >= 11 is 0. The molecule has 4 saturated carbocycles. The van der Waals surface area contributed by atoms with Crippen molar-refractivity contribution in [3.05, 3.63) is 40.2 Å². The van der Waals surface area contributed by atoms with Gasteiger partial charge in [0.15, 0.2) is 5.69 Å². The van der Waals surface area contributed by atoms with Crippen LogP contribution in [-0.4, -0.2) is 11.1 Å². The Labute approximate surface area is 141 Å². The van der Waals surface area contributed by atoms with E-state index in [9.17, 15) is 15.1 Å². The van der Waals surface area contributed by atoms with Crippen LogP contribution in [0.15, 0.2) is 23.9 Å². The van der Waals surface area contributed by atoms with E-state index in [0.717, 1.165) is 35.4 Å². The van der Waals surface area contributed by atoms with Crippen molar-refractivity contribution < 1.29 is 15.0 Å². The predicted octanol–water partition coefficient (Wildman–Crippen LogP) is 3.36. The zero-order valence-electron chi connectivity index (χ0n) is 13.8. The first kappa shape index (κ1) is 14.7. The van der Waals surface area contributed by atoms with Gasteiger partial charge in [0.2, 0.25) is 0 Å². The molecule has 1 aromatic rings. The first-order valence-electron chi connectivity index (χ1n) is 9.15. The monoisotopic (exact) mass is 325 g/mol. The number of rotatable bonds is 3. The van der Waals surface area contributed by atoms with Gasteiger partial charge in [0.25, 0.3) is 0 Å². The van der Waals surface area contributed by atoms with Crippen LogP contribution in [0, 0.1) is 28.4 Å². The highest BCUT2D eigenvalue weighted by Crippen LogP contribution is 2.62. The Morgan fingerprint density at radius 2 is 1.79 bits per heavy atom. The molecule has 126 valence electrons. The van der Waals surface area contributed by atoms with Crippen LogP contribution in [0.2, 0.25) is 0 Å². The minimum absolute atomic E-state index is 0.0428. The molecule has 1 heterocycles. The molecular formula is C20H23NO3. The van der Waals surface area contributed by atoms with E-state index in [1.54, 1.807) is 12.1 Å². The van der Waals surface area contributed by atoms with Crippen LogP contribution in [-0.2, 0) is 0 Å². The van der Waals surface area contributed by atoms with E-state index in [2.05, 4.69) is 0 Å². The van der Waals surface area contributed by atoms with Gasteiger partial charge in [-0.3, -0.25) is 0 Å². The fraction of sp³-hybridized carbons (Fsp3) is 0.550. The second kappa shape index (κ2) is 4.93. The number of benzene rings is 1. The molecule has 1 atom stereocenters. The van der Waals surface area contributed by atoms with Gasteiger partial charge in [-0.05, 0) is 73.8 Å². The molecule has 0 aromatic heterocycles. The lowest BCUT2D eigenvalue weighted by molar-refractivity contribution is -0.730. The molecule has 24 heavy (non-hydrogen) atoms. The number of carboxylic acids is 1. The Morgan fingerprint density at radius 3 is 2.38 bits per heavy atom. The van der Waals surface area contributed by atoms with Crippen LogP contribution in [0.1, 0.15) is 60.9 Å². The molecule has 1 aromatic carbocycles. The SMILES string of the molecule is O=C(O)c1cccc2c1[NH+]([O-])C(CC13CC4CC(CC(C4)C1)C3)=C2. The van der Waals surface area contributed by atoms with Crippen molar-refractivity contribution in [2.24, 2.45) is 23.2 Å². The molecule has 1 aliphatic heterocycles. The molecule has 5 aliphatic rings. The third-order valence-corrected chi connectivity index (χ3v) is 6.91. The second-order valence-electron chi connectivity index (χ2n) is 8.67. The average Bonchev–Trinajstić information content (AvgIpc) is 2.81. The summed E-state index contributed by atoms with van der Waals surface area (Å²) in [6.45, 7) is 0. The number of para-hydroxylation sites is 1. The van der Waals surface area contributed by atoms with E-state index in [1.165, 1.54) is 38.5 Å². The van der Waals surface area contributed by atoms with Crippen LogP contribution in [0.25, 0.3) is 6.08 Å². The van der Waals surface area contributed by atoms with E-state index in [1.807, 2.05) is 12.1 Å². The molecule has 6 rings (SSSR count). The van der Waals surface area contributed by atoms with Crippen molar-refractivity contribution in [2.45, 2.75) is 44.9 Å². The minimum Gasteiger partial charge on any atom is -0.624 e. The molecule has 4 fully saturated rings. The molecule has 4 bridgehead atoms. The smallest absolute Gasteiger partial charge is 0.341 e. The van der Waals surface area contributed by atoms with E-state index in [4.69, 9.17) is 0 Å². The third-order valence-electron chi connectivity index (χ3n) is 6.91. The fourth-order valence-electron chi connectivity index (χ4n) is 6.58. The van der Waals surface area contributed by atoms with Gasteiger partial charge in [-0.2, -0.15) is 0 Å². The maximum Gasteiger partial charge on any atom is 0.341 e. The Kier molecular flexibility index (Phi) is 3.01. The summed E-state index contributed by atoms with van der Waals surface area (Å²) < 4.78 is 0. The van der Waals surface area contributed by atoms with Crippen molar-refractivity contribution in [2.75, 3.05) is 0 Å². The average molecular weight is 325 g/mol. The van der Waals surface area contributed by atoms with Crippen molar-refractivity contribution in [1.29, 1.82) is 0 Å². The maximum atomic E-state index is 12.9. The van der Waals surface area contributed by atoms with Crippen molar-refractivity contribution in [3.63, 3.8) is 0 Å². The van der Waals surface area contributed by atoms with Crippen LogP contribution >= 0.6 is 0 Å². The fourth-order valence-corrected chi connectivity index (χ4v) is 6.58. The van der Waals surface area contributed by atoms with E-state index in [0.29, 0.717) is 11.1 Å². The zero-order valence-corrected chi connectivity index (χ0v) is 13.8. The van der Waals surface area contributed by atoms with Crippen LogP contribution < -0.4 is 5.06 Å². The van der Waals surface area contributed by atoms with E-state index in [-0.39, 0.29) is 10.6 Å². The molecule has 4 nitrogen and oxygen atoms in total. The Balaban J connectivity index is 1.45. The Morgan fingerprint density at radius 1 is 1.17 bits per heavy atom. The van der Waals surface area contributed by atoms with Gasteiger partial charge in [-0.1, -0.05) is 6.07 Å². The van der Waals surface area contributed by atoms with Gasteiger partial charge in [-0.25, -0.2) is 4.79 Å². The highest BCUT2D eigenvalue weighted by atomic mass is 16.5. The Hall–Kier alpha value is -1.65. The lowest BCUT2D eigenvalue weighted by atomic mass is 9.48. The number of carboxylic acid groups (broad SMARTS) is 1. The number of allylic oxidation sites excluding steroid dienone is 1. The van der Waals surface area contributed by atoms with Gasteiger partial charge in [0.1, 0.15) is 11.3 Å². The summed E-state index contributed by atoms with van der Waals surface area (Å²) in [6, 6.07) is 5.15. The van der Waals surface area contributed by atoms with Crippen LogP contribution in [0.4, 0.5) is 5.69 Å². The normalized spacial score (nSPS) is 39.0. The van der Waals surface area contributed by atoms with Crippen LogP contribution in [0.5, 0.6) is 0 Å². The molecule has 4 aliphatic carbocycles. The lowest BCUT2D eigenvalue weighted by Gasteiger charge is -2.57. The van der Waals surface area contributed by atoms with E-state index >= 15 is 0 Å². The summed E-state index contributed by atoms with van der Waals surface area (Å²) in [5.74, 6) is 1.59. The number of hydroxylamine groups is 1. The molecule has 0 spiro atoms. The van der Waals surface area contributed by atoms with Crippen molar-refractivity contribution in [1.82, 2.24) is 0 Å². The van der Waals surface area contributed by atoms with Crippen molar-refractivity contribution in [3.8, 4) is 0 Å². The topological polar surface area (TPSA) is 64.8 Å². The highest BCUT2D eigenvalue weighted by molar-refractivity contribution is 5.95. The molecule has 0 amide bonds. The first-order valence-corrected chi connectivity index (χ1v) is 9.15. The number of hydrogen-bond acceptors (Lipinski definition) is 2. The standard InChI is InChI=1S/C20H23NO3/c22-19(23)17-3-1-2-15-7-16(21(24)18(15)17)11-20-8-12-4-13(9-20)6-14(5-12)10-20/h1-3,7,12-14,21H,4-6,8-11H2,(H,22,23). The molecular weight excluding hydrogens is 302 g/mol. The molecule has 4 heteroatoms. The first-order chi connectivity index (χ1) is 11.5. The van der Waals surface area contributed by atoms with Gasteiger partial charge >= 0.3 is 5.97 Å². The number of aromatic carboxylic acids is 1. The van der Waals surface area contributed by atoms with Gasteiger partial charge < -0.3 is 15.4 Å². The molecule has 1 unspecified atom stereocenters. The second-order valence-corrected chi connectivity index (χ2v) is 8.67. The number of fused-ring (bicyclic) bond motifs is 1. The minimum atomic E-state index is -1.01. The molecule has 0 radical (unpaired) electrons. The number of quaternary nitrogens is 1. The number of nitrogens with one attached hydrogen (secondary N) is 1. The van der Waals surface area contributed by atoms with Crippen molar-refractivity contribution >= 4 is 17.7 Å². The van der Waals surface area contributed by atoms with E-state index < -0.39 is 5.97 Å². The molecule has 0 saturated heterocycles. The zero-order chi connectivity index (χ0) is 16.5. The number of hydrogen-bond donors (Lipinski definition) is 2. The van der Waals surface area contributed by atoms with Crippen LogP contribution in [0.3, 0.4) is 0 Å². The van der Waals surface area contributed by atoms with Gasteiger partial charge in [0, 0.05) is 18.1 Å². The Bertz CT molecular complexity index is 716. The summed E-state index contributed by atoms with van der Waals surface area (Å²) in [4.78, 5) is 11.4. The maximum absolute atomic E-state index is 12.9. The summed E-state index contributed by atoms with van der Waals surface area (Å²) in [5.41, 5.74) is 2.50. The van der Waals surface area contributed by atoms with Gasteiger partial charge in [-0.15, -0.1) is 0 Å². The quantitative estimate of drug-likeness (QED) is 0.838. The highest BCUT2D eigenvalue weighted by Gasteiger charge is 2.52. The summed E-state index contributed by atoms with van der Waals surface area (Å²) in [6.07, 6.45) is 10.8. The largest absolute Gasteiger partial charge is 0.624 e. The molecule has 2 N–H and O–H groups in total.